The van der Waals surface area contributed by atoms with Gasteiger partial charge in [0.25, 0.3) is 0 Å². The fraction of sp³-hybridized carbons (Fsp3) is 0. The number of rotatable bonds is 1. The Hall–Kier alpha value is -0.596. The quantitative estimate of drug-likeness (QED) is 0.713. The van der Waals surface area contributed by atoms with Gasteiger partial charge in [-0.05, 0) is 6.20 Å². The molecule has 0 aliphatic rings. The van der Waals surface area contributed by atoms with Gasteiger partial charge in [-0.1, -0.05) is 6.20 Å². The molecule has 0 N–H and O–H groups in total. The molecule has 2 nitrogen and oxygen atoms in total. The van der Waals surface area contributed by atoms with Gasteiger partial charge in [0, 0.05) is 32.7 Å². The normalized spacial score (nSPS) is 8.92. The predicted molar refractivity (Wildman–Crippen MR) is 45.1 cm³/mol. The molecule has 0 unspecified atom stereocenters. The van der Waals surface area contributed by atoms with Crippen LogP contribution in [0.1, 0.15) is 0 Å². The van der Waals surface area contributed by atoms with Gasteiger partial charge in [0.2, 0.25) is 0 Å². The zero-order valence-corrected chi connectivity index (χ0v) is 9.77. The number of nitrogens with zero attached hydrogens (tertiary/aromatic N) is 2. The molecule has 2 rings (SSSR count). The van der Waals surface area contributed by atoms with Crippen LogP contribution >= 0.6 is 0 Å². The molecule has 0 saturated carbocycles. The monoisotopic (exact) mass is 243 g/mol. The van der Waals surface area contributed by atoms with E-state index in [1.165, 1.54) is 0 Å². The molecule has 61 valence electrons. The second kappa shape index (κ2) is 5.20. The summed E-state index contributed by atoms with van der Waals surface area (Å²) in [6, 6.07) is 10.4. The Morgan fingerprint density at radius 2 is 2.08 bits per heavy atom. The zero-order chi connectivity index (χ0) is 8.23. The molecule has 2 aromatic rings. The summed E-state index contributed by atoms with van der Waals surface area (Å²) < 4.78 is 0. The maximum absolute atomic E-state index is 4.12. The topological polar surface area (TPSA) is 25.8 Å². The molecule has 0 atom stereocenters. The molecule has 0 amide bonds. The second-order valence-electron chi connectivity index (χ2n) is 2.29. The van der Waals surface area contributed by atoms with E-state index in [2.05, 4.69) is 22.2 Å². The first-order chi connectivity index (χ1) is 5.97. The van der Waals surface area contributed by atoms with Crippen LogP contribution < -0.4 is 0 Å². The summed E-state index contributed by atoms with van der Waals surface area (Å²) in [6.45, 7) is 0. The first-order valence-electron chi connectivity index (χ1n) is 3.62. The van der Waals surface area contributed by atoms with Crippen molar-refractivity contribution in [3.05, 3.63) is 48.9 Å². The standard InChI is InChI=1S/C10H6N2.Y/c1-2-7-12-10(5-1)9-4-3-6-11-8-9;/h1-4,6-7H;/q-2;. The summed E-state index contributed by atoms with van der Waals surface area (Å²) in [4.78, 5) is 8.00. The Labute approximate surface area is 102 Å². The van der Waals surface area contributed by atoms with Crippen LogP contribution in [0, 0.1) is 12.3 Å². The third-order valence-electron chi connectivity index (χ3n) is 1.47. The molecular formula is C10H6N2Y-2. The van der Waals surface area contributed by atoms with Gasteiger partial charge in [0.1, 0.15) is 0 Å². The molecule has 0 aliphatic heterocycles. The minimum Gasteiger partial charge on any atom is -0.374 e. The average molecular weight is 243 g/mol. The van der Waals surface area contributed by atoms with E-state index in [1.807, 2.05) is 24.3 Å². The zero-order valence-electron chi connectivity index (χ0n) is 6.94. The summed E-state index contributed by atoms with van der Waals surface area (Å²) in [7, 11) is 0. The molecule has 1 radical (unpaired) electrons. The molecule has 0 spiro atoms. The van der Waals surface area contributed by atoms with Crippen LogP contribution in [0.15, 0.2) is 36.7 Å². The van der Waals surface area contributed by atoms with E-state index in [1.54, 1.807) is 12.4 Å². The van der Waals surface area contributed by atoms with Crippen LogP contribution in [0.25, 0.3) is 11.3 Å². The molecule has 0 fully saturated rings. The largest absolute Gasteiger partial charge is 0.374 e. The van der Waals surface area contributed by atoms with Gasteiger partial charge in [0.15, 0.2) is 0 Å². The minimum atomic E-state index is 0. The van der Waals surface area contributed by atoms with Crippen molar-refractivity contribution in [2.45, 2.75) is 0 Å². The van der Waals surface area contributed by atoms with E-state index in [0.29, 0.717) is 0 Å². The predicted octanol–water partition coefficient (Wildman–Crippen LogP) is 1.74. The van der Waals surface area contributed by atoms with Crippen molar-refractivity contribution < 1.29 is 32.7 Å². The van der Waals surface area contributed by atoms with Crippen LogP contribution in [-0.2, 0) is 32.7 Å². The van der Waals surface area contributed by atoms with Crippen LogP contribution in [0.5, 0.6) is 0 Å². The number of pyridine rings is 2. The second-order valence-corrected chi connectivity index (χ2v) is 2.29. The third-order valence-corrected chi connectivity index (χ3v) is 1.47. The van der Waals surface area contributed by atoms with Crippen molar-refractivity contribution in [1.82, 2.24) is 9.97 Å². The molecule has 13 heavy (non-hydrogen) atoms. The fourth-order valence-corrected chi connectivity index (χ4v) is 0.930. The van der Waals surface area contributed by atoms with Gasteiger partial charge in [-0.15, -0.1) is 24.0 Å². The first-order valence-corrected chi connectivity index (χ1v) is 3.62. The van der Waals surface area contributed by atoms with Crippen LogP contribution in [-0.4, -0.2) is 9.97 Å². The van der Waals surface area contributed by atoms with Gasteiger partial charge in [0.05, 0.1) is 0 Å². The molecule has 0 saturated heterocycles. The van der Waals surface area contributed by atoms with Crippen molar-refractivity contribution in [1.29, 1.82) is 0 Å². The van der Waals surface area contributed by atoms with E-state index >= 15 is 0 Å². The molecule has 3 heteroatoms. The summed E-state index contributed by atoms with van der Waals surface area (Å²) in [5.74, 6) is 0. The van der Waals surface area contributed by atoms with E-state index < -0.39 is 0 Å². The Kier molecular flexibility index (Phi) is 4.20. The van der Waals surface area contributed by atoms with Crippen LogP contribution in [0.2, 0.25) is 0 Å². The maximum atomic E-state index is 4.12. The Morgan fingerprint density at radius 3 is 2.69 bits per heavy atom. The van der Waals surface area contributed by atoms with Gasteiger partial charge >= 0.3 is 0 Å². The molecule has 0 aliphatic carbocycles. The molecule has 0 aromatic carbocycles. The summed E-state index contributed by atoms with van der Waals surface area (Å²) >= 11 is 0. The number of hydrogen-bond acceptors (Lipinski definition) is 2. The maximum Gasteiger partial charge on any atom is 0 e. The van der Waals surface area contributed by atoms with Gasteiger partial charge in [-0.3, -0.25) is 0 Å². The summed E-state index contributed by atoms with van der Waals surface area (Å²) in [6.07, 6.45) is 6.26. The molecule has 2 heterocycles. The van der Waals surface area contributed by atoms with Crippen molar-refractivity contribution in [3.63, 3.8) is 0 Å². The third kappa shape index (κ3) is 2.68. The van der Waals surface area contributed by atoms with Crippen molar-refractivity contribution >= 4 is 0 Å². The van der Waals surface area contributed by atoms with E-state index in [4.69, 9.17) is 0 Å². The van der Waals surface area contributed by atoms with E-state index in [9.17, 15) is 0 Å². The van der Waals surface area contributed by atoms with E-state index in [0.717, 1.165) is 11.3 Å². The minimum absolute atomic E-state index is 0. The molecule has 0 bridgehead atoms. The summed E-state index contributed by atoms with van der Waals surface area (Å²) in [5, 5.41) is 0. The Bertz CT molecular complexity index is 310. The van der Waals surface area contributed by atoms with Crippen molar-refractivity contribution in [2.24, 2.45) is 0 Å². The van der Waals surface area contributed by atoms with Crippen LogP contribution in [0.3, 0.4) is 0 Å². The van der Waals surface area contributed by atoms with Crippen LogP contribution in [0.4, 0.5) is 0 Å². The first kappa shape index (κ1) is 10.5. The Morgan fingerprint density at radius 1 is 1.15 bits per heavy atom. The molecule has 2 aromatic heterocycles. The van der Waals surface area contributed by atoms with Crippen molar-refractivity contribution in [3.8, 4) is 11.3 Å². The van der Waals surface area contributed by atoms with Gasteiger partial charge in [-0.2, -0.15) is 12.1 Å². The number of hydrogen-bond donors (Lipinski definition) is 0. The van der Waals surface area contributed by atoms with Gasteiger partial charge < -0.3 is 9.97 Å². The number of aromatic nitrogens is 2. The fourth-order valence-electron chi connectivity index (χ4n) is 0.930. The Balaban J connectivity index is 0.000000845. The average Bonchev–Trinajstić information content (AvgIpc) is 2.21. The van der Waals surface area contributed by atoms with Crippen molar-refractivity contribution in [2.75, 3.05) is 0 Å². The SMILES string of the molecule is [Y].[c-]1ncccc1-c1[c-]cccn1. The summed E-state index contributed by atoms with van der Waals surface area (Å²) in [5.41, 5.74) is 1.66. The van der Waals surface area contributed by atoms with Gasteiger partial charge in [-0.25, -0.2) is 11.6 Å². The molecular weight excluding hydrogens is 237 g/mol. The van der Waals surface area contributed by atoms with E-state index in [-0.39, 0.29) is 32.7 Å². The smallest absolute Gasteiger partial charge is 0 e.